The smallest absolute Gasteiger partial charge is 0.276 e. The Morgan fingerprint density at radius 2 is 2.10 bits per heavy atom. The van der Waals surface area contributed by atoms with Crippen molar-refractivity contribution in [2.45, 2.75) is 6.92 Å². The van der Waals surface area contributed by atoms with E-state index in [1.165, 1.54) is 4.90 Å². The molecule has 106 valence electrons. The van der Waals surface area contributed by atoms with Crippen molar-refractivity contribution in [1.82, 2.24) is 10.2 Å². The lowest BCUT2D eigenvalue weighted by Crippen LogP contribution is -2.30. The van der Waals surface area contributed by atoms with E-state index in [1.807, 2.05) is 6.92 Å². The maximum atomic E-state index is 12.1. The second-order valence-corrected chi connectivity index (χ2v) is 4.53. The number of rotatable bonds is 4. The molecule has 1 aliphatic rings. The van der Waals surface area contributed by atoms with E-state index in [2.05, 4.69) is 5.32 Å². The Hall–Kier alpha value is -2.08. The third-order valence-corrected chi connectivity index (χ3v) is 3.34. The lowest BCUT2D eigenvalue weighted by molar-refractivity contribution is -0.122. The van der Waals surface area contributed by atoms with Gasteiger partial charge in [0.15, 0.2) is 5.11 Å². The fourth-order valence-electron chi connectivity index (χ4n) is 1.97. The molecule has 0 saturated carbocycles. The highest BCUT2D eigenvalue weighted by atomic mass is 32.1. The molecule has 1 heterocycles. The quantitative estimate of drug-likeness (QED) is 0.677. The maximum Gasteiger partial charge on any atom is 0.276 e. The minimum Gasteiger partial charge on any atom is -0.497 e. The molecule has 0 atom stereocenters. The fraction of sp³-hybridized carbons (Fsp3) is 0.286. The van der Waals surface area contributed by atoms with Gasteiger partial charge in [0, 0.05) is 12.1 Å². The van der Waals surface area contributed by atoms with Gasteiger partial charge in [-0.1, -0.05) is 0 Å². The molecular weight excluding hydrogens is 276 g/mol. The Bertz CT molecular complexity index is 584. The van der Waals surface area contributed by atoms with Gasteiger partial charge in [-0.15, -0.1) is 0 Å². The van der Waals surface area contributed by atoms with Crippen LogP contribution in [0.5, 0.6) is 11.5 Å². The zero-order valence-corrected chi connectivity index (χ0v) is 12.4. The van der Waals surface area contributed by atoms with E-state index >= 15 is 0 Å². The minimum atomic E-state index is -0.137. The molecular formula is C14H16N2O3S. The van der Waals surface area contributed by atoms with E-state index in [4.69, 9.17) is 21.7 Å². The highest BCUT2D eigenvalue weighted by Crippen LogP contribution is 2.26. The number of ether oxygens (including phenoxy) is 2. The fourth-order valence-corrected chi connectivity index (χ4v) is 2.29. The number of amides is 1. The number of nitrogens with one attached hydrogen (secondary N) is 1. The number of carbonyl (C=O) groups is 1. The first-order chi connectivity index (χ1) is 9.60. The Labute approximate surface area is 123 Å². The van der Waals surface area contributed by atoms with Crippen LogP contribution in [0.3, 0.4) is 0 Å². The van der Waals surface area contributed by atoms with Gasteiger partial charge in [-0.2, -0.15) is 0 Å². The van der Waals surface area contributed by atoms with Crippen molar-refractivity contribution in [3.05, 3.63) is 29.5 Å². The van der Waals surface area contributed by atoms with Crippen LogP contribution in [0.2, 0.25) is 0 Å². The summed E-state index contributed by atoms with van der Waals surface area (Å²) in [6, 6.07) is 5.40. The second-order valence-electron chi connectivity index (χ2n) is 4.15. The van der Waals surface area contributed by atoms with Crippen molar-refractivity contribution >= 4 is 29.3 Å². The summed E-state index contributed by atoms with van der Waals surface area (Å²) in [4.78, 5) is 13.6. The van der Waals surface area contributed by atoms with Crippen molar-refractivity contribution in [3.8, 4) is 11.5 Å². The summed E-state index contributed by atoms with van der Waals surface area (Å²) in [6.07, 6.45) is 1.71. The first-order valence-corrected chi connectivity index (χ1v) is 6.58. The molecule has 1 saturated heterocycles. The molecule has 1 aromatic carbocycles. The standard InChI is InChI=1S/C14H16N2O3S/c1-4-16-13(17)11(15-14(16)20)8-9-7-10(18-2)5-6-12(9)19-3/h5-8H,4H2,1-3H3,(H,15,20)/b11-8-. The van der Waals surface area contributed by atoms with Gasteiger partial charge < -0.3 is 14.8 Å². The van der Waals surface area contributed by atoms with Crippen molar-refractivity contribution in [2.24, 2.45) is 0 Å². The van der Waals surface area contributed by atoms with Crippen LogP contribution in [0.25, 0.3) is 6.08 Å². The van der Waals surface area contributed by atoms with Gasteiger partial charge in [0.05, 0.1) is 14.2 Å². The minimum absolute atomic E-state index is 0.137. The second kappa shape index (κ2) is 5.92. The summed E-state index contributed by atoms with van der Waals surface area (Å²) >= 11 is 5.12. The SMILES string of the molecule is CCN1C(=O)/C(=C/c2cc(OC)ccc2OC)NC1=S. The Balaban J connectivity index is 2.40. The predicted octanol–water partition coefficient (Wildman–Crippen LogP) is 1.78. The molecule has 0 aliphatic carbocycles. The van der Waals surface area contributed by atoms with Crippen LogP contribution >= 0.6 is 12.2 Å². The van der Waals surface area contributed by atoms with Crippen LogP contribution < -0.4 is 14.8 Å². The number of methoxy groups -OCH3 is 2. The van der Waals surface area contributed by atoms with Crippen LogP contribution in [0.4, 0.5) is 0 Å². The van der Waals surface area contributed by atoms with Crippen molar-refractivity contribution in [2.75, 3.05) is 20.8 Å². The van der Waals surface area contributed by atoms with E-state index < -0.39 is 0 Å². The van der Waals surface area contributed by atoms with Gasteiger partial charge >= 0.3 is 0 Å². The Morgan fingerprint density at radius 3 is 2.65 bits per heavy atom. The summed E-state index contributed by atoms with van der Waals surface area (Å²) in [5.41, 5.74) is 1.19. The third kappa shape index (κ3) is 2.60. The van der Waals surface area contributed by atoms with Crippen LogP contribution in [-0.4, -0.2) is 36.7 Å². The molecule has 0 spiro atoms. The summed E-state index contributed by atoms with van der Waals surface area (Å²) in [7, 11) is 3.17. The highest BCUT2D eigenvalue weighted by Gasteiger charge is 2.29. The third-order valence-electron chi connectivity index (χ3n) is 3.02. The van der Waals surface area contributed by atoms with Gasteiger partial charge in [-0.05, 0) is 43.4 Å². The molecule has 0 unspecified atom stereocenters. The van der Waals surface area contributed by atoms with Crippen molar-refractivity contribution in [3.63, 3.8) is 0 Å². The molecule has 1 amide bonds. The van der Waals surface area contributed by atoms with Gasteiger partial charge in [0.25, 0.3) is 5.91 Å². The molecule has 1 aromatic rings. The Kier molecular flexibility index (Phi) is 4.24. The van der Waals surface area contributed by atoms with E-state index in [9.17, 15) is 4.79 Å². The molecule has 2 rings (SSSR count). The first-order valence-electron chi connectivity index (χ1n) is 6.17. The molecule has 6 heteroatoms. The number of carbonyl (C=O) groups excluding carboxylic acids is 1. The predicted molar refractivity (Wildman–Crippen MR) is 80.6 cm³/mol. The number of nitrogens with zero attached hydrogens (tertiary/aromatic N) is 1. The summed E-state index contributed by atoms with van der Waals surface area (Å²) < 4.78 is 10.5. The topological polar surface area (TPSA) is 50.8 Å². The average Bonchev–Trinajstić information content (AvgIpc) is 2.72. The summed E-state index contributed by atoms with van der Waals surface area (Å²) in [5.74, 6) is 1.22. The van der Waals surface area contributed by atoms with Gasteiger partial charge in [0.2, 0.25) is 0 Å². The lowest BCUT2D eigenvalue weighted by Gasteiger charge is -2.09. The van der Waals surface area contributed by atoms with Crippen LogP contribution in [0.1, 0.15) is 12.5 Å². The summed E-state index contributed by atoms with van der Waals surface area (Å²) in [5, 5.41) is 3.34. The molecule has 1 aliphatic heterocycles. The molecule has 0 radical (unpaired) electrons. The van der Waals surface area contributed by atoms with E-state index in [-0.39, 0.29) is 5.91 Å². The van der Waals surface area contributed by atoms with E-state index in [0.717, 1.165) is 5.56 Å². The molecule has 1 N–H and O–H groups in total. The number of thiocarbonyl (C=S) groups is 1. The molecule has 0 aromatic heterocycles. The molecule has 5 nitrogen and oxygen atoms in total. The molecule has 0 bridgehead atoms. The first kappa shape index (κ1) is 14.3. The largest absolute Gasteiger partial charge is 0.497 e. The van der Waals surface area contributed by atoms with Crippen LogP contribution in [-0.2, 0) is 4.79 Å². The molecule has 1 fully saturated rings. The van der Waals surface area contributed by atoms with E-state index in [0.29, 0.717) is 28.9 Å². The average molecular weight is 292 g/mol. The molecule has 20 heavy (non-hydrogen) atoms. The van der Waals surface area contributed by atoms with Crippen molar-refractivity contribution in [1.29, 1.82) is 0 Å². The van der Waals surface area contributed by atoms with E-state index in [1.54, 1.807) is 38.5 Å². The number of hydrogen-bond donors (Lipinski definition) is 1. The van der Waals surface area contributed by atoms with Gasteiger partial charge in [-0.3, -0.25) is 9.69 Å². The van der Waals surface area contributed by atoms with Crippen molar-refractivity contribution < 1.29 is 14.3 Å². The number of likely N-dealkylation sites (N-methyl/N-ethyl adjacent to an activating group) is 1. The zero-order chi connectivity index (χ0) is 14.7. The van der Waals surface area contributed by atoms with Gasteiger partial charge in [0.1, 0.15) is 17.2 Å². The monoisotopic (exact) mass is 292 g/mol. The van der Waals surface area contributed by atoms with Gasteiger partial charge in [-0.25, -0.2) is 0 Å². The Morgan fingerprint density at radius 1 is 1.35 bits per heavy atom. The maximum absolute atomic E-state index is 12.1. The van der Waals surface area contributed by atoms with Crippen LogP contribution in [0.15, 0.2) is 23.9 Å². The highest BCUT2D eigenvalue weighted by molar-refractivity contribution is 7.80. The van der Waals surface area contributed by atoms with Crippen LogP contribution in [0, 0.1) is 0 Å². The normalized spacial score (nSPS) is 16.6. The summed E-state index contributed by atoms with van der Waals surface area (Å²) in [6.45, 7) is 2.41. The zero-order valence-electron chi connectivity index (χ0n) is 11.6. The lowest BCUT2D eigenvalue weighted by atomic mass is 10.1. The number of hydrogen-bond acceptors (Lipinski definition) is 4. The number of benzene rings is 1.